The predicted octanol–water partition coefficient (Wildman–Crippen LogP) is 5.12. The number of nitrogens with two attached hydrogens (primary N) is 1. The summed E-state index contributed by atoms with van der Waals surface area (Å²) in [6.07, 6.45) is 2.85. The number of ether oxygens (including phenoxy) is 3. The summed E-state index contributed by atoms with van der Waals surface area (Å²) in [5, 5.41) is 4.13. The van der Waals surface area contributed by atoms with Crippen molar-refractivity contribution in [1.82, 2.24) is 0 Å². The quantitative estimate of drug-likeness (QED) is 0.150. The maximum absolute atomic E-state index is 12.1. The number of carbonyl (C=O) groups is 1. The van der Waals surface area contributed by atoms with Crippen molar-refractivity contribution in [3.05, 3.63) is 94.0 Å². The molecule has 0 aliphatic rings. The van der Waals surface area contributed by atoms with E-state index >= 15 is 0 Å². The van der Waals surface area contributed by atoms with Crippen molar-refractivity contribution >= 4 is 29.5 Å². The molecule has 0 bridgehead atoms. The average molecular weight is 481 g/mol. The molecule has 0 fully saturated rings. The summed E-state index contributed by atoms with van der Waals surface area (Å²) < 4.78 is 16.5. The van der Waals surface area contributed by atoms with E-state index in [4.69, 9.17) is 36.4 Å². The van der Waals surface area contributed by atoms with Crippen molar-refractivity contribution in [1.29, 1.82) is 0 Å². The zero-order valence-corrected chi connectivity index (χ0v) is 19.8. The van der Waals surface area contributed by atoms with Gasteiger partial charge in [0.2, 0.25) is 0 Å². The van der Waals surface area contributed by atoms with Crippen molar-refractivity contribution in [2.24, 2.45) is 10.9 Å². The van der Waals surface area contributed by atoms with Crippen molar-refractivity contribution in [2.45, 2.75) is 13.5 Å². The first-order valence-corrected chi connectivity index (χ1v) is 10.7. The van der Waals surface area contributed by atoms with E-state index in [9.17, 15) is 4.79 Å². The van der Waals surface area contributed by atoms with Crippen molar-refractivity contribution < 1.29 is 23.8 Å². The van der Waals surface area contributed by atoms with E-state index in [0.717, 1.165) is 22.4 Å². The van der Waals surface area contributed by atoms with Crippen LogP contribution in [0.1, 0.15) is 22.3 Å². The second kappa shape index (κ2) is 11.8. The Morgan fingerprint density at radius 1 is 1.03 bits per heavy atom. The van der Waals surface area contributed by atoms with Gasteiger partial charge in [0, 0.05) is 16.7 Å². The van der Waals surface area contributed by atoms with Gasteiger partial charge in [-0.3, -0.25) is 0 Å². The number of hydrogen-bond donors (Lipinski definition) is 1. The zero-order valence-electron chi connectivity index (χ0n) is 19.1. The number of oxime groups is 1. The first kappa shape index (κ1) is 24.7. The molecule has 0 heterocycles. The fourth-order valence-electron chi connectivity index (χ4n) is 3.10. The van der Waals surface area contributed by atoms with Crippen LogP contribution >= 0.6 is 11.6 Å². The zero-order chi connectivity index (χ0) is 24.5. The first-order chi connectivity index (χ1) is 16.4. The lowest BCUT2D eigenvalue weighted by Crippen LogP contribution is -2.16. The second-order valence-electron chi connectivity index (χ2n) is 7.24. The maximum atomic E-state index is 12.1. The fourth-order valence-corrected chi connectivity index (χ4v) is 3.27. The highest BCUT2D eigenvalue weighted by molar-refractivity contribution is 6.31. The van der Waals surface area contributed by atoms with Gasteiger partial charge in [-0.1, -0.05) is 35.0 Å². The van der Waals surface area contributed by atoms with E-state index in [1.807, 2.05) is 49.4 Å². The molecule has 3 rings (SSSR count). The minimum absolute atomic E-state index is 0.0406. The number of halogens is 1. The van der Waals surface area contributed by atoms with E-state index in [2.05, 4.69) is 5.16 Å². The summed E-state index contributed by atoms with van der Waals surface area (Å²) in [7, 11) is 3.08. The Hall–Kier alpha value is -3.97. The molecular weight excluding hydrogens is 456 g/mol. The van der Waals surface area contributed by atoms with Gasteiger partial charge >= 0.3 is 5.97 Å². The average Bonchev–Trinajstić information content (AvgIpc) is 2.84. The molecule has 3 aromatic rings. The Morgan fingerprint density at radius 2 is 1.79 bits per heavy atom. The molecule has 0 aliphatic heterocycles. The Kier molecular flexibility index (Phi) is 8.54. The summed E-state index contributed by atoms with van der Waals surface area (Å²) in [5.41, 5.74) is 9.03. The fraction of sp³-hybridized carbons (Fsp3) is 0.154. The van der Waals surface area contributed by atoms with E-state index in [1.54, 1.807) is 31.4 Å². The van der Waals surface area contributed by atoms with Crippen LogP contribution in [0.4, 0.5) is 0 Å². The van der Waals surface area contributed by atoms with E-state index in [0.29, 0.717) is 28.7 Å². The molecule has 176 valence electrons. The molecule has 3 aromatic carbocycles. The van der Waals surface area contributed by atoms with Crippen molar-refractivity contribution in [3.8, 4) is 17.2 Å². The van der Waals surface area contributed by atoms with Crippen LogP contribution in [0.2, 0.25) is 5.02 Å². The molecule has 0 amide bonds. The molecule has 0 atom stereocenters. The van der Waals surface area contributed by atoms with Crippen LogP contribution in [0.25, 0.3) is 6.08 Å². The number of hydrogen-bond acceptors (Lipinski definition) is 6. The van der Waals surface area contributed by atoms with Gasteiger partial charge < -0.3 is 24.8 Å². The lowest BCUT2D eigenvalue weighted by atomic mass is 10.1. The third kappa shape index (κ3) is 6.76. The van der Waals surface area contributed by atoms with Crippen LogP contribution in [0, 0.1) is 6.92 Å². The molecule has 0 aromatic heterocycles. The van der Waals surface area contributed by atoms with Crippen LogP contribution in [-0.4, -0.2) is 26.0 Å². The lowest BCUT2D eigenvalue weighted by Gasteiger charge is -2.11. The minimum Gasteiger partial charge on any atom is -0.496 e. The number of aryl methyl sites for hydroxylation is 1. The third-order valence-electron chi connectivity index (χ3n) is 4.77. The normalized spacial score (nSPS) is 11.4. The highest BCUT2D eigenvalue weighted by atomic mass is 35.5. The van der Waals surface area contributed by atoms with Gasteiger partial charge in [-0.2, -0.15) is 0 Å². The summed E-state index contributed by atoms with van der Waals surface area (Å²) in [4.78, 5) is 17.0. The summed E-state index contributed by atoms with van der Waals surface area (Å²) in [6.45, 7) is 2.31. The number of rotatable bonds is 9. The highest BCUT2D eigenvalue weighted by Gasteiger charge is 2.10. The van der Waals surface area contributed by atoms with Crippen LogP contribution in [-0.2, 0) is 16.2 Å². The smallest absolute Gasteiger partial charge is 0.358 e. The molecule has 8 heteroatoms. The molecule has 0 saturated carbocycles. The largest absolute Gasteiger partial charge is 0.496 e. The number of carbonyl (C=O) groups excluding carboxylic acids is 1. The maximum Gasteiger partial charge on any atom is 0.358 e. The number of benzene rings is 3. The van der Waals surface area contributed by atoms with E-state index < -0.39 is 5.97 Å². The molecule has 0 radical (unpaired) electrons. The van der Waals surface area contributed by atoms with Gasteiger partial charge in [0.25, 0.3) is 0 Å². The van der Waals surface area contributed by atoms with Gasteiger partial charge in [-0.15, -0.1) is 0 Å². The number of amidine groups is 1. The SMILES string of the molecule is COc1ccc(/C=C\C(=O)O/N=C(\N)c2cc(Cl)ccc2OC)cc1COc1cccc(C)c1. The molecule has 2 N–H and O–H groups in total. The Bertz CT molecular complexity index is 1220. The van der Waals surface area contributed by atoms with Crippen molar-refractivity contribution in [3.63, 3.8) is 0 Å². The van der Waals surface area contributed by atoms with E-state index in [-0.39, 0.29) is 5.84 Å². The summed E-state index contributed by atoms with van der Waals surface area (Å²) >= 11 is 5.99. The van der Waals surface area contributed by atoms with Gasteiger partial charge in [0.05, 0.1) is 19.8 Å². The van der Waals surface area contributed by atoms with Crippen LogP contribution in [0.3, 0.4) is 0 Å². The molecule has 7 nitrogen and oxygen atoms in total. The standard InChI is InChI=1S/C26H25ClN2O5/c1-17-5-4-6-21(13-17)33-16-19-14-18(7-10-23(19)31-2)8-12-25(30)34-29-26(28)22-15-20(27)9-11-24(22)32-3/h4-15H,16H2,1-3H3,(H2,28,29)/b12-8-. The second-order valence-corrected chi connectivity index (χ2v) is 7.68. The van der Waals surface area contributed by atoms with Crippen molar-refractivity contribution in [2.75, 3.05) is 14.2 Å². The molecule has 0 unspecified atom stereocenters. The molecule has 0 aliphatic carbocycles. The van der Waals surface area contributed by atoms with E-state index in [1.165, 1.54) is 13.2 Å². The van der Waals surface area contributed by atoms with Crippen LogP contribution in [0.5, 0.6) is 17.2 Å². The predicted molar refractivity (Wildman–Crippen MR) is 132 cm³/mol. The molecular formula is C26H25ClN2O5. The lowest BCUT2D eigenvalue weighted by molar-refractivity contribution is -0.137. The topological polar surface area (TPSA) is 92.4 Å². The highest BCUT2D eigenvalue weighted by Crippen LogP contribution is 2.24. The van der Waals surface area contributed by atoms with Crippen LogP contribution in [0.15, 0.2) is 71.9 Å². The molecule has 0 spiro atoms. The Labute approximate surface area is 203 Å². The monoisotopic (exact) mass is 480 g/mol. The number of nitrogens with zero attached hydrogens (tertiary/aromatic N) is 1. The Morgan fingerprint density at radius 3 is 2.53 bits per heavy atom. The first-order valence-electron chi connectivity index (χ1n) is 10.3. The summed E-state index contributed by atoms with van der Waals surface area (Å²) in [6, 6.07) is 18.1. The molecule has 0 saturated heterocycles. The van der Waals surface area contributed by atoms with Crippen LogP contribution < -0.4 is 19.9 Å². The van der Waals surface area contributed by atoms with Gasteiger partial charge in [-0.05, 0) is 66.6 Å². The van der Waals surface area contributed by atoms with Gasteiger partial charge in [-0.25, -0.2) is 4.79 Å². The Balaban J connectivity index is 1.67. The van der Waals surface area contributed by atoms with Gasteiger partial charge in [0.1, 0.15) is 23.9 Å². The number of methoxy groups -OCH3 is 2. The van der Waals surface area contributed by atoms with Gasteiger partial charge in [0.15, 0.2) is 5.84 Å². The minimum atomic E-state index is -0.697. The third-order valence-corrected chi connectivity index (χ3v) is 5.01. The molecule has 34 heavy (non-hydrogen) atoms. The summed E-state index contributed by atoms with van der Waals surface area (Å²) in [5.74, 6) is 1.16.